The Morgan fingerprint density at radius 3 is 2.57 bits per heavy atom. The predicted octanol–water partition coefficient (Wildman–Crippen LogP) is 3.63. The zero-order valence-electron chi connectivity index (χ0n) is 12.0. The minimum Gasteiger partial charge on any atom is -0.352 e. The van der Waals surface area contributed by atoms with E-state index in [-0.39, 0.29) is 29.6 Å². The molecule has 0 saturated heterocycles. The second kappa shape index (κ2) is 8.89. The summed E-state index contributed by atoms with van der Waals surface area (Å²) in [5.41, 5.74) is 5.87. The van der Waals surface area contributed by atoms with Gasteiger partial charge in [-0.3, -0.25) is 4.79 Å². The monoisotopic (exact) mass is 348 g/mol. The van der Waals surface area contributed by atoms with E-state index in [1.54, 1.807) is 0 Å². The zero-order valence-corrected chi connectivity index (χ0v) is 14.4. The molecule has 0 aliphatic heterocycles. The summed E-state index contributed by atoms with van der Waals surface area (Å²) in [5.74, 6) is 0.0791. The molecule has 1 unspecified atom stereocenters. The molecule has 1 fully saturated rings. The highest BCUT2D eigenvalue weighted by Crippen LogP contribution is 2.30. The second-order valence-corrected chi connectivity index (χ2v) is 7.10. The maximum absolute atomic E-state index is 12.2. The number of carbonyl (C=O) groups excluding carboxylic acids is 1. The van der Waals surface area contributed by atoms with Gasteiger partial charge in [-0.2, -0.15) is 0 Å². The van der Waals surface area contributed by atoms with Crippen LogP contribution in [0.3, 0.4) is 0 Å². The van der Waals surface area contributed by atoms with Crippen LogP contribution in [-0.4, -0.2) is 23.2 Å². The summed E-state index contributed by atoms with van der Waals surface area (Å²) in [4.78, 5) is 13.1. The van der Waals surface area contributed by atoms with Crippen LogP contribution in [0.2, 0.25) is 5.02 Å². The van der Waals surface area contributed by atoms with Crippen LogP contribution in [0.1, 0.15) is 32.6 Å². The van der Waals surface area contributed by atoms with E-state index in [9.17, 15) is 4.79 Å². The maximum Gasteiger partial charge on any atom is 0.233 e. The lowest BCUT2D eigenvalue weighted by molar-refractivity contribution is -0.121. The molecular formula is C15H22Cl2N2OS. The lowest BCUT2D eigenvalue weighted by atomic mass is 9.92. The number of amides is 1. The zero-order chi connectivity index (χ0) is 14.5. The van der Waals surface area contributed by atoms with Crippen molar-refractivity contribution >= 4 is 41.7 Å². The third-order valence-electron chi connectivity index (χ3n) is 3.63. The normalized spacial score (nSPS) is 23.0. The smallest absolute Gasteiger partial charge is 0.233 e. The SMILES string of the molecule is CC(Sc1ccccc1Cl)C(=O)NC1CCC(N)CC1.Cl. The van der Waals surface area contributed by atoms with Crippen LogP contribution in [0.4, 0.5) is 0 Å². The Balaban J connectivity index is 0.00000220. The molecule has 1 aromatic rings. The van der Waals surface area contributed by atoms with Gasteiger partial charge in [-0.05, 0) is 44.7 Å². The topological polar surface area (TPSA) is 55.1 Å². The third kappa shape index (κ3) is 5.70. The van der Waals surface area contributed by atoms with E-state index in [1.807, 2.05) is 31.2 Å². The molecule has 21 heavy (non-hydrogen) atoms. The number of carbonyl (C=O) groups is 1. The molecule has 1 atom stereocenters. The first-order valence-electron chi connectivity index (χ1n) is 7.03. The molecule has 1 aromatic carbocycles. The quantitative estimate of drug-likeness (QED) is 0.816. The number of nitrogens with two attached hydrogens (primary N) is 1. The van der Waals surface area contributed by atoms with E-state index in [0.717, 1.165) is 30.6 Å². The fraction of sp³-hybridized carbons (Fsp3) is 0.533. The van der Waals surface area contributed by atoms with Crippen LogP contribution < -0.4 is 11.1 Å². The molecule has 3 N–H and O–H groups in total. The van der Waals surface area contributed by atoms with Gasteiger partial charge < -0.3 is 11.1 Å². The molecule has 0 heterocycles. The van der Waals surface area contributed by atoms with Crippen molar-refractivity contribution in [1.82, 2.24) is 5.32 Å². The lowest BCUT2D eigenvalue weighted by Gasteiger charge is -2.27. The first-order valence-corrected chi connectivity index (χ1v) is 8.29. The van der Waals surface area contributed by atoms with Gasteiger partial charge in [-0.1, -0.05) is 23.7 Å². The van der Waals surface area contributed by atoms with E-state index >= 15 is 0 Å². The Morgan fingerprint density at radius 2 is 1.95 bits per heavy atom. The number of nitrogens with one attached hydrogen (secondary N) is 1. The maximum atomic E-state index is 12.2. The summed E-state index contributed by atoms with van der Waals surface area (Å²) in [7, 11) is 0. The fourth-order valence-electron chi connectivity index (χ4n) is 2.37. The van der Waals surface area contributed by atoms with Gasteiger partial charge in [0.15, 0.2) is 0 Å². The summed E-state index contributed by atoms with van der Waals surface area (Å²) >= 11 is 7.61. The highest BCUT2D eigenvalue weighted by molar-refractivity contribution is 8.00. The molecule has 0 spiro atoms. The molecule has 1 saturated carbocycles. The average molecular weight is 349 g/mol. The van der Waals surface area contributed by atoms with Gasteiger partial charge in [0.25, 0.3) is 0 Å². The number of halogens is 2. The van der Waals surface area contributed by atoms with Gasteiger partial charge in [-0.25, -0.2) is 0 Å². The molecule has 3 nitrogen and oxygen atoms in total. The van der Waals surface area contributed by atoms with Crippen molar-refractivity contribution in [3.05, 3.63) is 29.3 Å². The van der Waals surface area contributed by atoms with Crippen LogP contribution in [0, 0.1) is 0 Å². The van der Waals surface area contributed by atoms with E-state index in [1.165, 1.54) is 11.8 Å². The van der Waals surface area contributed by atoms with Gasteiger partial charge in [0.2, 0.25) is 5.91 Å². The minimum absolute atomic E-state index is 0. The number of hydrogen-bond acceptors (Lipinski definition) is 3. The van der Waals surface area contributed by atoms with Gasteiger partial charge in [0, 0.05) is 17.0 Å². The molecule has 1 aliphatic carbocycles. The number of thioether (sulfide) groups is 1. The molecule has 0 bridgehead atoms. The summed E-state index contributed by atoms with van der Waals surface area (Å²) in [6.07, 6.45) is 3.96. The van der Waals surface area contributed by atoms with Gasteiger partial charge >= 0.3 is 0 Å². The van der Waals surface area contributed by atoms with E-state index in [0.29, 0.717) is 11.1 Å². The molecule has 2 rings (SSSR count). The first kappa shape index (κ1) is 18.6. The summed E-state index contributed by atoms with van der Waals surface area (Å²) in [6, 6.07) is 8.19. The molecule has 0 aromatic heterocycles. The van der Waals surface area contributed by atoms with Crippen molar-refractivity contribution in [2.24, 2.45) is 5.73 Å². The summed E-state index contributed by atoms with van der Waals surface area (Å²) in [5, 5.41) is 3.67. The third-order valence-corrected chi connectivity index (χ3v) is 5.25. The van der Waals surface area contributed by atoms with Crippen LogP contribution in [0.25, 0.3) is 0 Å². The van der Waals surface area contributed by atoms with Crippen molar-refractivity contribution in [1.29, 1.82) is 0 Å². The largest absolute Gasteiger partial charge is 0.352 e. The van der Waals surface area contributed by atoms with Crippen LogP contribution in [0.15, 0.2) is 29.2 Å². The summed E-state index contributed by atoms with van der Waals surface area (Å²) < 4.78 is 0. The Labute approximate surface area is 141 Å². The second-order valence-electron chi connectivity index (χ2n) is 5.31. The Hall–Kier alpha value is -0.420. The highest BCUT2D eigenvalue weighted by atomic mass is 35.5. The standard InChI is InChI=1S/C15H21ClN2OS.ClH/c1-10(20-14-5-3-2-4-13(14)16)15(19)18-12-8-6-11(17)7-9-12;/h2-5,10-12H,6-9,17H2,1H3,(H,18,19);1H. The molecular weight excluding hydrogens is 327 g/mol. The Bertz CT molecular complexity index is 465. The van der Waals surface area contributed by atoms with E-state index in [4.69, 9.17) is 17.3 Å². The number of rotatable bonds is 4. The van der Waals surface area contributed by atoms with Crippen molar-refractivity contribution in [2.75, 3.05) is 0 Å². The predicted molar refractivity (Wildman–Crippen MR) is 92.4 cm³/mol. The Morgan fingerprint density at radius 1 is 1.33 bits per heavy atom. The molecule has 0 radical (unpaired) electrons. The van der Waals surface area contributed by atoms with E-state index < -0.39 is 0 Å². The van der Waals surface area contributed by atoms with E-state index in [2.05, 4.69) is 5.32 Å². The number of benzene rings is 1. The van der Waals surface area contributed by atoms with Crippen molar-refractivity contribution in [3.8, 4) is 0 Å². The Kier molecular flexibility index (Phi) is 7.88. The van der Waals surface area contributed by atoms with Gasteiger partial charge in [0.1, 0.15) is 0 Å². The molecule has 1 amide bonds. The van der Waals surface area contributed by atoms with Crippen molar-refractivity contribution in [2.45, 2.75) is 54.8 Å². The van der Waals surface area contributed by atoms with Crippen molar-refractivity contribution in [3.63, 3.8) is 0 Å². The van der Waals surface area contributed by atoms with Crippen LogP contribution in [0.5, 0.6) is 0 Å². The van der Waals surface area contributed by atoms with Crippen LogP contribution in [-0.2, 0) is 4.79 Å². The van der Waals surface area contributed by atoms with Gasteiger partial charge in [-0.15, -0.1) is 24.2 Å². The summed E-state index contributed by atoms with van der Waals surface area (Å²) in [6.45, 7) is 1.91. The minimum atomic E-state index is -0.148. The van der Waals surface area contributed by atoms with Gasteiger partial charge in [0.05, 0.1) is 10.3 Å². The molecule has 118 valence electrons. The average Bonchev–Trinajstić information content (AvgIpc) is 2.44. The molecule has 6 heteroatoms. The molecule has 1 aliphatic rings. The highest BCUT2D eigenvalue weighted by Gasteiger charge is 2.23. The number of hydrogen-bond donors (Lipinski definition) is 2. The lowest BCUT2D eigenvalue weighted by Crippen LogP contribution is -2.43. The first-order chi connectivity index (χ1) is 9.56. The van der Waals surface area contributed by atoms with Crippen LogP contribution >= 0.6 is 35.8 Å². The van der Waals surface area contributed by atoms with Crippen molar-refractivity contribution < 1.29 is 4.79 Å². The fourth-order valence-corrected chi connectivity index (χ4v) is 3.53.